The smallest absolute Gasteiger partial charge is 0.0714 e. The first-order valence-corrected chi connectivity index (χ1v) is 25.6. The molecule has 0 N–H and O–H groups in total. The van der Waals surface area contributed by atoms with E-state index in [0.717, 1.165) is 5.69 Å². The summed E-state index contributed by atoms with van der Waals surface area (Å²) in [6.07, 6.45) is 0. The van der Waals surface area contributed by atoms with Crippen molar-refractivity contribution in [3.05, 3.63) is 320 Å². The van der Waals surface area contributed by atoms with Gasteiger partial charge in [-0.25, -0.2) is 0 Å². The minimum absolute atomic E-state index is 0.504. The lowest BCUT2D eigenvalue weighted by molar-refractivity contribution is 0.767. The van der Waals surface area contributed by atoms with Gasteiger partial charge in [0.1, 0.15) is 0 Å². The molecule has 1 aliphatic rings. The Morgan fingerprint density at radius 1 is 0.216 bits per heavy atom. The second-order valence-corrected chi connectivity index (χ2v) is 19.6. The number of aromatic nitrogens is 1. The maximum Gasteiger partial charge on any atom is 0.0714 e. The van der Waals surface area contributed by atoms with Crippen LogP contribution in [0.2, 0.25) is 0 Å². The molecule has 0 spiro atoms. The molecular formula is C73H49N. The van der Waals surface area contributed by atoms with E-state index in [-0.39, 0.29) is 0 Å². The van der Waals surface area contributed by atoms with Gasteiger partial charge in [0.25, 0.3) is 0 Å². The molecule has 0 bridgehead atoms. The first kappa shape index (κ1) is 43.2. The van der Waals surface area contributed by atoms with Gasteiger partial charge >= 0.3 is 0 Å². The molecule has 1 aliphatic carbocycles. The predicted octanol–water partition coefficient (Wildman–Crippen LogP) is 19.1. The molecule has 0 radical (unpaired) electrons. The van der Waals surface area contributed by atoms with Crippen molar-refractivity contribution < 1.29 is 0 Å². The second-order valence-electron chi connectivity index (χ2n) is 19.6. The summed E-state index contributed by atoms with van der Waals surface area (Å²) < 4.78 is 2.49. The lowest BCUT2D eigenvalue weighted by Crippen LogP contribution is -2.28. The SMILES string of the molecule is c1ccc(-c2ccc(-c3ccc(-c4ccc5c(c4)c4cc(-c6ccc(-c7ccc(-c8ccccc8)cc7)cc6)ccc4n5-c4ccc5c(c4)C(c4ccccc4)(c4ccccc4)c4ccccc4-5)cc3)cc2)cc1. The van der Waals surface area contributed by atoms with Gasteiger partial charge in [-0.15, -0.1) is 0 Å². The molecule has 0 fully saturated rings. The van der Waals surface area contributed by atoms with E-state index >= 15 is 0 Å². The molecule has 0 atom stereocenters. The normalized spacial score (nSPS) is 12.4. The van der Waals surface area contributed by atoms with E-state index in [0.29, 0.717) is 0 Å². The van der Waals surface area contributed by atoms with Gasteiger partial charge in [0.2, 0.25) is 0 Å². The summed E-state index contributed by atoms with van der Waals surface area (Å²) >= 11 is 0. The summed E-state index contributed by atoms with van der Waals surface area (Å²) in [5.41, 5.74) is 25.1. The van der Waals surface area contributed by atoms with Gasteiger partial charge in [-0.3, -0.25) is 0 Å². The Labute approximate surface area is 432 Å². The maximum atomic E-state index is 2.49. The van der Waals surface area contributed by atoms with Gasteiger partial charge in [-0.05, 0) is 137 Å². The van der Waals surface area contributed by atoms with E-state index in [1.807, 2.05) is 0 Å². The topological polar surface area (TPSA) is 4.93 Å². The number of benzene rings is 12. The van der Waals surface area contributed by atoms with Crippen LogP contribution in [0.5, 0.6) is 0 Å². The van der Waals surface area contributed by atoms with Crippen LogP contribution in [-0.4, -0.2) is 4.57 Å². The van der Waals surface area contributed by atoms with Crippen molar-refractivity contribution in [2.24, 2.45) is 0 Å². The lowest BCUT2D eigenvalue weighted by Gasteiger charge is -2.34. The van der Waals surface area contributed by atoms with Crippen LogP contribution < -0.4 is 0 Å². The molecule has 1 nitrogen and oxygen atoms in total. The highest BCUT2D eigenvalue weighted by Gasteiger charge is 2.46. The number of nitrogens with zero attached hydrogens (tertiary/aromatic N) is 1. The van der Waals surface area contributed by atoms with Crippen LogP contribution in [0.3, 0.4) is 0 Å². The van der Waals surface area contributed by atoms with Crippen LogP contribution in [0.25, 0.3) is 105 Å². The molecule has 0 amide bonds. The summed E-state index contributed by atoms with van der Waals surface area (Å²) in [7, 11) is 0. The van der Waals surface area contributed by atoms with Crippen molar-refractivity contribution in [3.63, 3.8) is 0 Å². The van der Waals surface area contributed by atoms with Crippen LogP contribution in [0.4, 0.5) is 0 Å². The number of rotatable bonds is 9. The average Bonchev–Trinajstić information content (AvgIpc) is 3.98. The molecule has 1 heteroatoms. The van der Waals surface area contributed by atoms with Crippen LogP contribution in [0.1, 0.15) is 22.3 Å². The molecule has 0 aliphatic heterocycles. The number of hydrogen-bond acceptors (Lipinski definition) is 0. The van der Waals surface area contributed by atoms with Crippen LogP contribution in [0.15, 0.2) is 297 Å². The van der Waals surface area contributed by atoms with Gasteiger partial charge in [0, 0.05) is 16.5 Å². The van der Waals surface area contributed by atoms with E-state index in [2.05, 4.69) is 302 Å². The van der Waals surface area contributed by atoms with Crippen molar-refractivity contribution in [3.8, 4) is 83.6 Å². The fourth-order valence-electron chi connectivity index (χ4n) is 11.9. The zero-order chi connectivity index (χ0) is 49.0. The van der Waals surface area contributed by atoms with Gasteiger partial charge in [-0.1, -0.05) is 261 Å². The van der Waals surface area contributed by atoms with Crippen molar-refractivity contribution in [1.29, 1.82) is 0 Å². The van der Waals surface area contributed by atoms with Crippen molar-refractivity contribution in [2.75, 3.05) is 0 Å². The molecule has 0 saturated heterocycles. The molecule has 1 heterocycles. The molecule has 0 saturated carbocycles. The molecule has 1 aromatic heterocycles. The Bertz CT molecular complexity index is 3930. The minimum Gasteiger partial charge on any atom is -0.309 e. The van der Waals surface area contributed by atoms with E-state index < -0.39 is 5.41 Å². The molecule has 12 aromatic carbocycles. The third-order valence-electron chi connectivity index (χ3n) is 15.6. The standard InChI is InChI=1S/C73H49N/c1-5-15-50(16-6-1)52-25-29-54(30-26-52)56-33-37-58(38-34-56)60-41-45-71-67(47-60)68-48-61(59-39-35-57(36-40-59)55-31-27-53(28-32-55)51-17-7-2-8-18-51)42-46-72(68)74(71)64-43-44-66-65-23-13-14-24-69(65)73(70(66)49-64,62-19-9-3-10-20-62)63-21-11-4-12-22-63/h1-49H. The van der Waals surface area contributed by atoms with Gasteiger partial charge in [-0.2, -0.15) is 0 Å². The molecule has 0 unspecified atom stereocenters. The Balaban J connectivity index is 0.896. The summed E-state index contributed by atoms with van der Waals surface area (Å²) in [6, 6.07) is 110. The van der Waals surface area contributed by atoms with Crippen molar-refractivity contribution >= 4 is 21.8 Å². The average molecular weight is 940 g/mol. The molecule has 346 valence electrons. The third kappa shape index (κ3) is 7.24. The fraction of sp³-hybridized carbons (Fsp3) is 0.0137. The van der Waals surface area contributed by atoms with Crippen LogP contribution >= 0.6 is 0 Å². The van der Waals surface area contributed by atoms with E-state index in [9.17, 15) is 0 Å². The summed E-state index contributed by atoms with van der Waals surface area (Å²) in [5, 5.41) is 2.44. The fourth-order valence-corrected chi connectivity index (χ4v) is 11.9. The molecular weight excluding hydrogens is 891 g/mol. The van der Waals surface area contributed by atoms with Crippen LogP contribution in [0, 0.1) is 0 Å². The van der Waals surface area contributed by atoms with Crippen molar-refractivity contribution in [1.82, 2.24) is 4.57 Å². The first-order valence-electron chi connectivity index (χ1n) is 25.6. The van der Waals surface area contributed by atoms with E-state index in [4.69, 9.17) is 0 Å². The molecule has 13 aromatic rings. The van der Waals surface area contributed by atoms with Gasteiger partial charge in [0.05, 0.1) is 16.4 Å². The quantitative estimate of drug-likeness (QED) is 0.136. The number of hydrogen-bond donors (Lipinski definition) is 0. The molecule has 74 heavy (non-hydrogen) atoms. The number of fused-ring (bicyclic) bond motifs is 6. The zero-order valence-corrected chi connectivity index (χ0v) is 40.7. The Hall–Kier alpha value is -9.56. The maximum absolute atomic E-state index is 2.49. The minimum atomic E-state index is -0.504. The van der Waals surface area contributed by atoms with E-state index in [1.54, 1.807) is 0 Å². The summed E-state index contributed by atoms with van der Waals surface area (Å²) in [6.45, 7) is 0. The first-order chi connectivity index (χ1) is 36.7. The highest BCUT2D eigenvalue weighted by Crippen LogP contribution is 2.56. The highest BCUT2D eigenvalue weighted by molar-refractivity contribution is 6.12. The zero-order valence-electron chi connectivity index (χ0n) is 40.7. The van der Waals surface area contributed by atoms with Gasteiger partial charge in [0.15, 0.2) is 0 Å². The lowest BCUT2D eigenvalue weighted by atomic mass is 9.67. The predicted molar refractivity (Wildman–Crippen MR) is 311 cm³/mol. The van der Waals surface area contributed by atoms with Crippen molar-refractivity contribution in [2.45, 2.75) is 5.41 Å². The van der Waals surface area contributed by atoms with Gasteiger partial charge < -0.3 is 4.57 Å². The Morgan fingerprint density at radius 3 is 0.932 bits per heavy atom. The largest absolute Gasteiger partial charge is 0.309 e. The third-order valence-corrected chi connectivity index (χ3v) is 15.6. The monoisotopic (exact) mass is 939 g/mol. The summed E-state index contributed by atoms with van der Waals surface area (Å²) in [5.74, 6) is 0. The molecule has 14 rings (SSSR count). The van der Waals surface area contributed by atoms with Crippen LogP contribution in [-0.2, 0) is 5.41 Å². The Morgan fingerprint density at radius 2 is 0.527 bits per heavy atom. The Kier molecular flexibility index (Phi) is 10.5. The van der Waals surface area contributed by atoms with E-state index in [1.165, 1.54) is 122 Å². The second kappa shape index (κ2) is 17.9. The summed E-state index contributed by atoms with van der Waals surface area (Å²) in [4.78, 5) is 0. The highest BCUT2D eigenvalue weighted by atomic mass is 15.0.